The van der Waals surface area contributed by atoms with Crippen LogP contribution in [0, 0.1) is 0 Å². The van der Waals surface area contributed by atoms with E-state index >= 15 is 0 Å². The molecule has 0 unspecified atom stereocenters. The van der Waals surface area contributed by atoms with E-state index in [4.69, 9.17) is 23.1 Å². The lowest BCUT2D eigenvalue weighted by Gasteiger charge is -2.23. The average molecular weight is 519 g/mol. The summed E-state index contributed by atoms with van der Waals surface area (Å²) >= 11 is 6.15. The maximum atomic E-state index is 13.1. The number of carbonyl (C=O) groups excluding carboxylic acids is 2. The number of rotatable bonds is 8. The molecule has 2 amide bonds. The standard InChI is InChI=1S/C28H31ClN6O2/c1-17(36)35(14-4-13-34(2)3)21-9-7-20(8-10-21)32-27(18-5-12-23(30)24(31)15-18)26-22-11-6-19(29)16-25(22)33-28(26)37/h5-12,15-16,32H,4,13-14,30-31H2,1-3H3,(H,33,37). The Morgan fingerprint density at radius 2 is 1.70 bits per heavy atom. The smallest absolute Gasteiger partial charge is 0.258 e. The van der Waals surface area contributed by atoms with Gasteiger partial charge in [-0.05, 0) is 75.6 Å². The minimum atomic E-state index is -0.254. The molecule has 1 heterocycles. The third-order valence-corrected chi connectivity index (χ3v) is 6.40. The number of benzene rings is 3. The number of anilines is 5. The molecule has 6 N–H and O–H groups in total. The highest BCUT2D eigenvalue weighted by atomic mass is 35.5. The summed E-state index contributed by atoms with van der Waals surface area (Å²) in [5.41, 5.74) is 17.6. The molecule has 3 aromatic rings. The van der Waals surface area contributed by atoms with E-state index in [1.54, 1.807) is 36.1 Å². The van der Waals surface area contributed by atoms with Gasteiger partial charge in [0.05, 0.1) is 28.3 Å². The Morgan fingerprint density at radius 3 is 2.35 bits per heavy atom. The molecule has 8 nitrogen and oxygen atoms in total. The van der Waals surface area contributed by atoms with Crippen LogP contribution in [0.15, 0.2) is 60.7 Å². The van der Waals surface area contributed by atoms with Crippen LogP contribution in [0.1, 0.15) is 24.5 Å². The van der Waals surface area contributed by atoms with E-state index in [1.165, 1.54) is 0 Å². The SMILES string of the molecule is CC(=O)N(CCCN(C)C)c1ccc(NC(=C2C(=O)Nc3cc(Cl)ccc32)c2ccc(N)c(N)c2)cc1. The van der Waals surface area contributed by atoms with E-state index in [0.29, 0.717) is 45.5 Å². The summed E-state index contributed by atoms with van der Waals surface area (Å²) < 4.78 is 0. The molecule has 3 aromatic carbocycles. The average Bonchev–Trinajstić information content (AvgIpc) is 3.16. The predicted octanol–water partition coefficient (Wildman–Crippen LogP) is 4.74. The summed E-state index contributed by atoms with van der Waals surface area (Å²) in [6, 6.07) is 18.1. The zero-order valence-corrected chi connectivity index (χ0v) is 21.9. The summed E-state index contributed by atoms with van der Waals surface area (Å²) in [5.74, 6) is -0.270. The zero-order valence-electron chi connectivity index (χ0n) is 21.1. The van der Waals surface area contributed by atoms with E-state index in [2.05, 4.69) is 15.5 Å². The van der Waals surface area contributed by atoms with E-state index in [-0.39, 0.29) is 11.8 Å². The van der Waals surface area contributed by atoms with Crippen molar-refractivity contribution in [2.45, 2.75) is 13.3 Å². The molecular weight excluding hydrogens is 488 g/mol. The van der Waals surface area contributed by atoms with Gasteiger partial charge in [-0.3, -0.25) is 9.59 Å². The van der Waals surface area contributed by atoms with Gasteiger partial charge in [0.15, 0.2) is 0 Å². The first kappa shape index (κ1) is 26.1. The van der Waals surface area contributed by atoms with Crippen LogP contribution >= 0.6 is 11.6 Å². The minimum Gasteiger partial charge on any atom is -0.397 e. The highest BCUT2D eigenvalue weighted by Crippen LogP contribution is 2.39. The molecule has 192 valence electrons. The second-order valence-electron chi connectivity index (χ2n) is 9.24. The Morgan fingerprint density at radius 1 is 0.973 bits per heavy atom. The second kappa shape index (κ2) is 10.9. The van der Waals surface area contributed by atoms with E-state index in [0.717, 1.165) is 29.9 Å². The van der Waals surface area contributed by atoms with Crippen molar-refractivity contribution >= 4 is 63.1 Å². The molecule has 0 atom stereocenters. The Hall–Kier alpha value is -4.01. The van der Waals surface area contributed by atoms with Crippen molar-refractivity contribution in [2.75, 3.05) is 54.2 Å². The number of nitrogens with one attached hydrogen (secondary N) is 2. The molecule has 9 heteroatoms. The fraction of sp³-hybridized carbons (Fsp3) is 0.214. The summed E-state index contributed by atoms with van der Waals surface area (Å²) in [4.78, 5) is 29.3. The number of fused-ring (bicyclic) bond motifs is 1. The Bertz CT molecular complexity index is 1370. The van der Waals surface area contributed by atoms with Gasteiger partial charge in [0.2, 0.25) is 5.91 Å². The first-order valence-corrected chi connectivity index (χ1v) is 12.3. The van der Waals surface area contributed by atoms with Crippen molar-refractivity contribution in [3.05, 3.63) is 76.8 Å². The number of nitrogens with two attached hydrogens (primary N) is 2. The molecule has 1 aliphatic rings. The third-order valence-electron chi connectivity index (χ3n) is 6.17. The lowest BCUT2D eigenvalue weighted by Crippen LogP contribution is -2.31. The summed E-state index contributed by atoms with van der Waals surface area (Å²) in [6.07, 6.45) is 0.861. The fourth-order valence-corrected chi connectivity index (χ4v) is 4.46. The maximum Gasteiger partial charge on any atom is 0.258 e. The number of nitrogens with zero attached hydrogens (tertiary/aromatic N) is 2. The monoisotopic (exact) mass is 518 g/mol. The van der Waals surface area contributed by atoms with Gasteiger partial charge in [-0.15, -0.1) is 0 Å². The predicted molar refractivity (Wildman–Crippen MR) is 153 cm³/mol. The van der Waals surface area contributed by atoms with Crippen LogP contribution in [0.4, 0.5) is 28.4 Å². The Kier molecular flexibility index (Phi) is 7.71. The molecular formula is C28H31ClN6O2. The number of halogens is 1. The molecule has 4 rings (SSSR count). The van der Waals surface area contributed by atoms with E-state index in [1.807, 2.05) is 50.5 Å². The van der Waals surface area contributed by atoms with Crippen molar-refractivity contribution in [3.63, 3.8) is 0 Å². The third kappa shape index (κ3) is 5.87. The molecule has 0 radical (unpaired) electrons. The molecule has 0 bridgehead atoms. The quantitative estimate of drug-likeness (QED) is 0.253. The number of amides is 2. The minimum absolute atomic E-state index is 0.0162. The van der Waals surface area contributed by atoms with E-state index in [9.17, 15) is 9.59 Å². The lowest BCUT2D eigenvalue weighted by molar-refractivity contribution is -0.116. The fourth-order valence-electron chi connectivity index (χ4n) is 4.28. The molecule has 0 aliphatic carbocycles. The van der Waals surface area contributed by atoms with Crippen molar-refractivity contribution in [2.24, 2.45) is 0 Å². The van der Waals surface area contributed by atoms with Crippen LogP contribution in [0.3, 0.4) is 0 Å². The number of hydrogen-bond acceptors (Lipinski definition) is 6. The van der Waals surface area contributed by atoms with Gasteiger partial charge in [-0.2, -0.15) is 0 Å². The number of carbonyl (C=O) groups is 2. The van der Waals surface area contributed by atoms with Gasteiger partial charge in [-0.1, -0.05) is 23.7 Å². The van der Waals surface area contributed by atoms with Gasteiger partial charge in [0, 0.05) is 41.0 Å². The Labute approximate surface area is 221 Å². The van der Waals surface area contributed by atoms with Crippen LogP contribution in [0.5, 0.6) is 0 Å². The van der Waals surface area contributed by atoms with Gasteiger partial charge >= 0.3 is 0 Å². The van der Waals surface area contributed by atoms with Gasteiger partial charge < -0.3 is 31.9 Å². The van der Waals surface area contributed by atoms with Crippen LogP contribution in [0.2, 0.25) is 5.02 Å². The van der Waals surface area contributed by atoms with Crippen molar-refractivity contribution in [1.82, 2.24) is 4.90 Å². The van der Waals surface area contributed by atoms with Crippen molar-refractivity contribution in [1.29, 1.82) is 0 Å². The van der Waals surface area contributed by atoms with Gasteiger partial charge in [0.1, 0.15) is 0 Å². The highest BCUT2D eigenvalue weighted by Gasteiger charge is 2.29. The summed E-state index contributed by atoms with van der Waals surface area (Å²) in [6.45, 7) is 3.08. The maximum absolute atomic E-state index is 13.1. The molecule has 37 heavy (non-hydrogen) atoms. The molecule has 0 fully saturated rings. The second-order valence-corrected chi connectivity index (χ2v) is 9.67. The summed E-state index contributed by atoms with van der Waals surface area (Å²) in [5, 5.41) is 6.82. The van der Waals surface area contributed by atoms with Crippen LogP contribution < -0.4 is 27.0 Å². The molecule has 0 spiro atoms. The summed E-state index contributed by atoms with van der Waals surface area (Å²) in [7, 11) is 4.02. The molecule has 1 aliphatic heterocycles. The van der Waals surface area contributed by atoms with Crippen LogP contribution in [-0.2, 0) is 9.59 Å². The Balaban J connectivity index is 1.71. The van der Waals surface area contributed by atoms with Crippen molar-refractivity contribution in [3.8, 4) is 0 Å². The van der Waals surface area contributed by atoms with E-state index < -0.39 is 0 Å². The first-order chi connectivity index (χ1) is 17.6. The van der Waals surface area contributed by atoms with Crippen molar-refractivity contribution < 1.29 is 9.59 Å². The first-order valence-electron chi connectivity index (χ1n) is 11.9. The lowest BCUT2D eigenvalue weighted by atomic mass is 9.99. The van der Waals surface area contributed by atoms with Crippen LogP contribution in [-0.4, -0.2) is 43.9 Å². The molecule has 0 aromatic heterocycles. The highest BCUT2D eigenvalue weighted by molar-refractivity contribution is 6.38. The normalized spacial score (nSPS) is 13.8. The number of hydrogen-bond donors (Lipinski definition) is 4. The zero-order chi connectivity index (χ0) is 26.7. The van der Waals surface area contributed by atoms with Crippen LogP contribution in [0.25, 0.3) is 11.3 Å². The molecule has 0 saturated heterocycles. The number of nitrogen functional groups attached to an aromatic ring is 2. The van der Waals surface area contributed by atoms with Gasteiger partial charge in [0.25, 0.3) is 5.91 Å². The van der Waals surface area contributed by atoms with Gasteiger partial charge in [-0.25, -0.2) is 0 Å². The largest absolute Gasteiger partial charge is 0.397 e. The molecule has 0 saturated carbocycles. The topological polar surface area (TPSA) is 117 Å².